The monoisotopic (exact) mass is 553 g/mol. The van der Waals surface area contributed by atoms with Gasteiger partial charge in [-0.25, -0.2) is 15.0 Å². The largest absolute Gasteiger partial charge is 0.355 e. The van der Waals surface area contributed by atoms with E-state index in [1.807, 2.05) is 6.07 Å². The molecular weight excluding hydrogens is 534 g/mol. The van der Waals surface area contributed by atoms with Crippen molar-refractivity contribution in [1.29, 1.82) is 5.26 Å². The molecular formula is C24H20ClN7O5S. The number of amides is 2. The molecule has 1 atom stereocenters. The molecule has 3 heterocycles. The van der Waals surface area contributed by atoms with Gasteiger partial charge in [0.1, 0.15) is 6.04 Å². The highest BCUT2D eigenvalue weighted by atomic mass is 35.5. The van der Waals surface area contributed by atoms with Crippen LogP contribution in [-0.4, -0.2) is 53.6 Å². The molecule has 0 bridgehead atoms. The van der Waals surface area contributed by atoms with E-state index in [9.17, 15) is 27.8 Å². The summed E-state index contributed by atoms with van der Waals surface area (Å²) in [5.74, 6) is -0.993. The molecule has 1 aromatic carbocycles. The van der Waals surface area contributed by atoms with Gasteiger partial charge in [-0.05, 0) is 48.9 Å². The molecule has 2 aromatic heterocycles. The molecule has 1 aliphatic rings. The number of rotatable bonds is 6. The molecule has 194 valence electrons. The zero-order valence-electron chi connectivity index (χ0n) is 20.0. The van der Waals surface area contributed by atoms with Crippen molar-refractivity contribution in [3.05, 3.63) is 76.1 Å². The van der Waals surface area contributed by atoms with Gasteiger partial charge < -0.3 is 10.6 Å². The summed E-state index contributed by atoms with van der Waals surface area (Å²) in [6, 6.07) is 9.80. The van der Waals surface area contributed by atoms with Gasteiger partial charge in [0.2, 0.25) is 5.91 Å². The van der Waals surface area contributed by atoms with E-state index in [-0.39, 0.29) is 45.4 Å². The molecule has 1 unspecified atom stereocenters. The summed E-state index contributed by atoms with van der Waals surface area (Å²) in [5, 5.41) is 19.8. The molecule has 0 fully saturated rings. The first-order chi connectivity index (χ1) is 18.0. The molecule has 14 heteroatoms. The van der Waals surface area contributed by atoms with Crippen molar-refractivity contribution in [2.24, 2.45) is 5.10 Å². The molecule has 1 aliphatic heterocycles. The topological polar surface area (TPSA) is 178 Å². The smallest absolute Gasteiger partial charge is 0.312 e. The van der Waals surface area contributed by atoms with Crippen LogP contribution in [0.25, 0.3) is 0 Å². The second-order valence-electron chi connectivity index (χ2n) is 8.15. The Labute approximate surface area is 222 Å². The van der Waals surface area contributed by atoms with Crippen molar-refractivity contribution in [3.8, 4) is 6.07 Å². The number of benzene rings is 1. The van der Waals surface area contributed by atoms with Crippen molar-refractivity contribution in [3.63, 3.8) is 0 Å². The Balaban J connectivity index is 1.79. The molecule has 4 rings (SSSR count). The van der Waals surface area contributed by atoms with Gasteiger partial charge in [-0.15, -0.1) is 0 Å². The molecule has 0 saturated carbocycles. The Morgan fingerprint density at radius 3 is 2.58 bits per heavy atom. The van der Waals surface area contributed by atoms with E-state index in [0.29, 0.717) is 5.56 Å². The SMILES string of the molecule is CNC(=O)c1cc(C#N)cc(C)c1NC(=O)C1CC(c2cccnc2S(=O)(=O)O)=NN1c1ncccc1Cl. The van der Waals surface area contributed by atoms with E-state index in [1.165, 1.54) is 48.7 Å². The van der Waals surface area contributed by atoms with Gasteiger partial charge in [0.15, 0.2) is 10.8 Å². The van der Waals surface area contributed by atoms with E-state index in [1.54, 1.807) is 19.1 Å². The highest BCUT2D eigenvalue weighted by Crippen LogP contribution is 2.33. The number of halogens is 1. The van der Waals surface area contributed by atoms with E-state index in [4.69, 9.17) is 11.6 Å². The Morgan fingerprint density at radius 2 is 1.92 bits per heavy atom. The Morgan fingerprint density at radius 1 is 1.21 bits per heavy atom. The van der Waals surface area contributed by atoms with Crippen molar-refractivity contribution in [2.75, 3.05) is 17.4 Å². The van der Waals surface area contributed by atoms with Gasteiger partial charge in [0.05, 0.1) is 33.6 Å². The minimum atomic E-state index is -4.70. The third-order valence-corrected chi connectivity index (χ3v) is 6.79. The fourth-order valence-corrected chi connectivity index (χ4v) is 4.84. The molecule has 0 spiro atoms. The fraction of sp³-hybridized carbons (Fsp3) is 0.167. The number of carbonyl (C=O) groups is 2. The maximum Gasteiger partial charge on any atom is 0.312 e. The molecule has 0 saturated heterocycles. The Bertz CT molecular complexity index is 1640. The van der Waals surface area contributed by atoms with Crippen molar-refractivity contribution >= 4 is 50.8 Å². The first kappa shape index (κ1) is 26.7. The van der Waals surface area contributed by atoms with Crippen LogP contribution >= 0.6 is 11.6 Å². The third-order valence-electron chi connectivity index (χ3n) is 5.68. The van der Waals surface area contributed by atoms with Crippen LogP contribution in [0.4, 0.5) is 11.5 Å². The standard InChI is InChI=1S/C24H20ClN7O5S/c1-13-9-14(12-26)10-16(22(33)27-2)20(13)30-23(34)19-11-18(15-5-3-8-29-24(15)38(35,36)37)31-32(19)21-17(25)6-4-7-28-21/h3-10,19H,11H2,1-2H3,(H,27,33)(H,30,34)(H,35,36,37). The number of hydrazone groups is 1. The fourth-order valence-electron chi connectivity index (χ4n) is 3.97. The number of hydrogen-bond donors (Lipinski definition) is 3. The van der Waals surface area contributed by atoms with Gasteiger partial charge in [0.25, 0.3) is 5.91 Å². The summed E-state index contributed by atoms with van der Waals surface area (Å²) < 4.78 is 33.6. The average molecular weight is 554 g/mol. The summed E-state index contributed by atoms with van der Waals surface area (Å²) in [5.41, 5.74) is 1.12. The average Bonchev–Trinajstić information content (AvgIpc) is 3.34. The van der Waals surface area contributed by atoms with E-state index >= 15 is 0 Å². The number of anilines is 2. The first-order valence-corrected chi connectivity index (χ1v) is 12.8. The number of aromatic nitrogens is 2. The van der Waals surface area contributed by atoms with Crippen LogP contribution in [-0.2, 0) is 14.9 Å². The van der Waals surface area contributed by atoms with Crippen LogP contribution in [0.1, 0.15) is 33.5 Å². The molecule has 38 heavy (non-hydrogen) atoms. The van der Waals surface area contributed by atoms with Crippen LogP contribution < -0.4 is 15.6 Å². The van der Waals surface area contributed by atoms with Gasteiger partial charge in [0, 0.05) is 31.4 Å². The number of nitrogens with zero attached hydrogens (tertiary/aromatic N) is 5. The lowest BCUT2D eigenvalue weighted by molar-refractivity contribution is -0.117. The van der Waals surface area contributed by atoms with Gasteiger partial charge in [-0.2, -0.15) is 18.8 Å². The highest BCUT2D eigenvalue weighted by Gasteiger charge is 2.38. The minimum Gasteiger partial charge on any atom is -0.355 e. The van der Waals surface area contributed by atoms with Crippen molar-refractivity contribution in [2.45, 2.75) is 24.4 Å². The molecule has 3 aromatic rings. The summed E-state index contributed by atoms with van der Waals surface area (Å²) in [7, 11) is -3.28. The predicted octanol–water partition coefficient (Wildman–Crippen LogP) is 2.54. The maximum absolute atomic E-state index is 13.7. The quantitative estimate of drug-likeness (QED) is 0.387. The molecule has 0 aliphatic carbocycles. The number of nitrogens with one attached hydrogen (secondary N) is 2. The van der Waals surface area contributed by atoms with Gasteiger partial charge >= 0.3 is 10.1 Å². The van der Waals surface area contributed by atoms with Crippen LogP contribution in [0.2, 0.25) is 5.02 Å². The first-order valence-electron chi connectivity index (χ1n) is 11.0. The zero-order valence-corrected chi connectivity index (χ0v) is 21.6. The van der Waals surface area contributed by atoms with Crippen LogP contribution in [0.15, 0.2) is 58.9 Å². The molecule has 3 N–H and O–H groups in total. The second kappa shape index (κ2) is 10.5. The lowest BCUT2D eigenvalue weighted by Crippen LogP contribution is -2.39. The van der Waals surface area contributed by atoms with Gasteiger partial charge in [-0.3, -0.25) is 14.1 Å². The zero-order chi connectivity index (χ0) is 27.6. The third kappa shape index (κ3) is 5.18. The highest BCUT2D eigenvalue weighted by molar-refractivity contribution is 7.85. The van der Waals surface area contributed by atoms with E-state index in [2.05, 4.69) is 25.7 Å². The van der Waals surface area contributed by atoms with E-state index < -0.39 is 33.0 Å². The van der Waals surface area contributed by atoms with Crippen LogP contribution in [0, 0.1) is 18.3 Å². The number of aryl methyl sites for hydroxylation is 1. The minimum absolute atomic E-state index is 0.00274. The maximum atomic E-state index is 13.7. The molecule has 0 radical (unpaired) electrons. The lowest BCUT2D eigenvalue weighted by Gasteiger charge is -2.23. The normalized spacial score (nSPS) is 15.0. The number of nitriles is 1. The predicted molar refractivity (Wildman–Crippen MR) is 139 cm³/mol. The molecule has 12 nitrogen and oxygen atoms in total. The van der Waals surface area contributed by atoms with Crippen molar-refractivity contribution < 1.29 is 22.6 Å². The Kier molecular flexibility index (Phi) is 7.40. The van der Waals surface area contributed by atoms with Crippen molar-refractivity contribution in [1.82, 2.24) is 15.3 Å². The Hall–Kier alpha value is -4.38. The van der Waals surface area contributed by atoms with E-state index in [0.717, 1.165) is 0 Å². The number of carbonyl (C=O) groups excluding carboxylic acids is 2. The summed E-state index contributed by atoms with van der Waals surface area (Å²) in [4.78, 5) is 34.2. The molecule has 2 amide bonds. The van der Waals surface area contributed by atoms with Crippen LogP contribution in [0.3, 0.4) is 0 Å². The second-order valence-corrected chi connectivity index (χ2v) is 9.89. The lowest BCUT2D eigenvalue weighted by atomic mass is 10.0. The number of pyridine rings is 2. The summed E-state index contributed by atoms with van der Waals surface area (Å²) in [6.07, 6.45) is 2.54. The summed E-state index contributed by atoms with van der Waals surface area (Å²) >= 11 is 6.34. The number of hydrogen-bond acceptors (Lipinski definition) is 9. The van der Waals surface area contributed by atoms with Gasteiger partial charge in [-0.1, -0.05) is 11.6 Å². The van der Waals surface area contributed by atoms with Crippen LogP contribution in [0.5, 0.6) is 0 Å². The summed E-state index contributed by atoms with van der Waals surface area (Å²) in [6.45, 7) is 1.64.